The molecule has 3 aromatic carbocycles. The highest BCUT2D eigenvalue weighted by Gasteiger charge is 2.17. The van der Waals surface area contributed by atoms with E-state index in [1.165, 1.54) is 33.0 Å². The van der Waals surface area contributed by atoms with Gasteiger partial charge in [-0.15, -0.1) is 11.8 Å². The molecule has 1 aromatic heterocycles. The standard InChI is InChI=1S/C25H23NS/c1-27-24-18-23(17-20-11-5-2-6-12-20)26(19-21-13-7-3-8-14-21)25(24)22-15-9-4-10-16-22/h2-16,18H,17,19H2,1H3. The van der Waals surface area contributed by atoms with Gasteiger partial charge in [-0.05, 0) is 29.0 Å². The summed E-state index contributed by atoms with van der Waals surface area (Å²) in [6.45, 7) is 0.883. The van der Waals surface area contributed by atoms with Gasteiger partial charge in [-0.1, -0.05) is 91.0 Å². The molecule has 27 heavy (non-hydrogen) atoms. The first-order valence-electron chi connectivity index (χ1n) is 9.25. The van der Waals surface area contributed by atoms with Gasteiger partial charge >= 0.3 is 0 Å². The van der Waals surface area contributed by atoms with Crippen molar-refractivity contribution in [3.63, 3.8) is 0 Å². The number of hydrogen-bond donors (Lipinski definition) is 0. The summed E-state index contributed by atoms with van der Waals surface area (Å²) in [6.07, 6.45) is 3.11. The Labute approximate surface area is 165 Å². The summed E-state index contributed by atoms with van der Waals surface area (Å²) in [5.74, 6) is 0. The Morgan fingerprint density at radius 3 is 1.85 bits per heavy atom. The summed E-state index contributed by atoms with van der Waals surface area (Å²) < 4.78 is 2.49. The van der Waals surface area contributed by atoms with Crippen LogP contribution in [0.25, 0.3) is 11.3 Å². The van der Waals surface area contributed by atoms with Crippen LogP contribution < -0.4 is 0 Å². The maximum absolute atomic E-state index is 2.49. The maximum Gasteiger partial charge on any atom is 0.0623 e. The second-order valence-corrected chi connectivity index (χ2v) is 7.50. The fraction of sp³-hybridized carbons (Fsp3) is 0.120. The lowest BCUT2D eigenvalue weighted by atomic mass is 10.1. The van der Waals surface area contributed by atoms with Crippen molar-refractivity contribution in [2.24, 2.45) is 0 Å². The van der Waals surface area contributed by atoms with E-state index >= 15 is 0 Å². The zero-order chi connectivity index (χ0) is 18.5. The van der Waals surface area contributed by atoms with Gasteiger partial charge in [0.15, 0.2) is 0 Å². The lowest BCUT2D eigenvalue weighted by Gasteiger charge is -2.15. The Morgan fingerprint density at radius 2 is 1.26 bits per heavy atom. The summed E-state index contributed by atoms with van der Waals surface area (Å²) >= 11 is 1.83. The maximum atomic E-state index is 2.49. The van der Waals surface area contributed by atoms with Crippen LogP contribution in [0.3, 0.4) is 0 Å². The molecule has 2 heteroatoms. The van der Waals surface area contributed by atoms with E-state index in [0.717, 1.165) is 13.0 Å². The van der Waals surface area contributed by atoms with Crippen molar-refractivity contribution in [1.82, 2.24) is 4.57 Å². The SMILES string of the molecule is CSc1cc(Cc2ccccc2)n(Cc2ccccc2)c1-c1ccccc1. The molecule has 0 aliphatic heterocycles. The van der Waals surface area contributed by atoms with Crippen LogP contribution in [0.5, 0.6) is 0 Å². The molecule has 4 rings (SSSR count). The lowest BCUT2D eigenvalue weighted by Crippen LogP contribution is -2.07. The van der Waals surface area contributed by atoms with Crippen molar-refractivity contribution in [2.75, 3.05) is 6.26 Å². The molecule has 0 fully saturated rings. The van der Waals surface area contributed by atoms with Gasteiger partial charge in [0.1, 0.15) is 0 Å². The molecule has 0 unspecified atom stereocenters. The first kappa shape index (κ1) is 17.7. The van der Waals surface area contributed by atoms with Gasteiger partial charge in [0.25, 0.3) is 0 Å². The summed E-state index contributed by atoms with van der Waals surface area (Å²) in [7, 11) is 0. The molecule has 0 aliphatic rings. The molecule has 134 valence electrons. The molecule has 0 radical (unpaired) electrons. The van der Waals surface area contributed by atoms with E-state index < -0.39 is 0 Å². The first-order chi connectivity index (χ1) is 13.3. The molecule has 0 aliphatic carbocycles. The second-order valence-electron chi connectivity index (χ2n) is 6.65. The van der Waals surface area contributed by atoms with Crippen molar-refractivity contribution in [2.45, 2.75) is 17.9 Å². The van der Waals surface area contributed by atoms with Gasteiger partial charge in [0, 0.05) is 23.6 Å². The molecule has 0 spiro atoms. The Morgan fingerprint density at radius 1 is 0.704 bits per heavy atom. The normalized spacial score (nSPS) is 10.9. The number of benzene rings is 3. The van der Waals surface area contributed by atoms with Crippen molar-refractivity contribution in [3.05, 3.63) is 114 Å². The van der Waals surface area contributed by atoms with Gasteiger partial charge in [-0.25, -0.2) is 0 Å². The second kappa shape index (κ2) is 8.32. The number of hydrogen-bond acceptors (Lipinski definition) is 1. The van der Waals surface area contributed by atoms with Crippen LogP contribution in [0.2, 0.25) is 0 Å². The Bertz CT molecular complexity index is 989. The smallest absolute Gasteiger partial charge is 0.0623 e. The Balaban J connectivity index is 1.83. The highest BCUT2D eigenvalue weighted by molar-refractivity contribution is 7.98. The van der Waals surface area contributed by atoms with Crippen molar-refractivity contribution < 1.29 is 0 Å². The molecule has 1 nitrogen and oxygen atoms in total. The molecule has 4 aromatic rings. The van der Waals surface area contributed by atoms with Crippen LogP contribution in [-0.2, 0) is 13.0 Å². The molecule has 0 bridgehead atoms. The first-order valence-corrected chi connectivity index (χ1v) is 10.5. The van der Waals surface area contributed by atoms with Crippen LogP contribution in [0.4, 0.5) is 0 Å². The Hall–Kier alpha value is -2.71. The van der Waals surface area contributed by atoms with E-state index in [2.05, 4.69) is 108 Å². The van der Waals surface area contributed by atoms with Gasteiger partial charge in [-0.3, -0.25) is 0 Å². The van der Waals surface area contributed by atoms with Gasteiger partial charge in [0.05, 0.1) is 5.69 Å². The number of rotatable bonds is 6. The number of aromatic nitrogens is 1. The molecular formula is C25H23NS. The zero-order valence-electron chi connectivity index (χ0n) is 15.5. The number of nitrogens with zero attached hydrogens (tertiary/aromatic N) is 1. The van der Waals surface area contributed by atoms with Crippen molar-refractivity contribution >= 4 is 11.8 Å². The highest BCUT2D eigenvalue weighted by atomic mass is 32.2. The third-order valence-electron chi connectivity index (χ3n) is 4.83. The summed E-state index contributed by atoms with van der Waals surface area (Å²) in [6, 6.07) is 34.6. The zero-order valence-corrected chi connectivity index (χ0v) is 16.3. The van der Waals surface area contributed by atoms with E-state index in [-0.39, 0.29) is 0 Å². The van der Waals surface area contributed by atoms with E-state index in [9.17, 15) is 0 Å². The molecule has 1 heterocycles. The lowest BCUT2D eigenvalue weighted by molar-refractivity contribution is 0.764. The minimum absolute atomic E-state index is 0.883. The molecule has 0 N–H and O–H groups in total. The summed E-state index contributed by atoms with van der Waals surface area (Å²) in [5, 5.41) is 0. The fourth-order valence-electron chi connectivity index (χ4n) is 3.52. The third-order valence-corrected chi connectivity index (χ3v) is 5.58. The molecule has 0 saturated carbocycles. The topological polar surface area (TPSA) is 4.93 Å². The van der Waals surface area contributed by atoms with Gasteiger partial charge in [-0.2, -0.15) is 0 Å². The minimum Gasteiger partial charge on any atom is -0.339 e. The predicted octanol–water partition coefficient (Wildman–Crippen LogP) is 6.52. The quantitative estimate of drug-likeness (QED) is 0.350. The monoisotopic (exact) mass is 369 g/mol. The van der Waals surface area contributed by atoms with E-state index in [0.29, 0.717) is 0 Å². The van der Waals surface area contributed by atoms with Crippen LogP contribution in [0.15, 0.2) is 102 Å². The molecule has 0 saturated heterocycles. The van der Waals surface area contributed by atoms with Crippen LogP contribution >= 0.6 is 11.8 Å². The van der Waals surface area contributed by atoms with E-state index in [1.807, 2.05) is 11.8 Å². The predicted molar refractivity (Wildman–Crippen MR) is 116 cm³/mol. The van der Waals surface area contributed by atoms with Crippen molar-refractivity contribution in [3.8, 4) is 11.3 Å². The van der Waals surface area contributed by atoms with E-state index in [4.69, 9.17) is 0 Å². The van der Waals surface area contributed by atoms with Gasteiger partial charge < -0.3 is 4.57 Å². The Kier molecular flexibility index (Phi) is 5.45. The molecule has 0 amide bonds. The molecular weight excluding hydrogens is 346 g/mol. The highest BCUT2D eigenvalue weighted by Crippen LogP contribution is 2.35. The number of thioether (sulfide) groups is 1. The van der Waals surface area contributed by atoms with Crippen LogP contribution in [0.1, 0.15) is 16.8 Å². The largest absolute Gasteiger partial charge is 0.339 e. The summed E-state index contributed by atoms with van der Waals surface area (Å²) in [5.41, 5.74) is 6.62. The van der Waals surface area contributed by atoms with Crippen LogP contribution in [-0.4, -0.2) is 10.8 Å². The molecule has 0 atom stereocenters. The average molecular weight is 370 g/mol. The average Bonchev–Trinajstić information content (AvgIpc) is 3.07. The van der Waals surface area contributed by atoms with Gasteiger partial charge in [0.2, 0.25) is 0 Å². The minimum atomic E-state index is 0.883. The van der Waals surface area contributed by atoms with E-state index in [1.54, 1.807) is 0 Å². The third kappa shape index (κ3) is 4.01. The van der Waals surface area contributed by atoms with Crippen molar-refractivity contribution in [1.29, 1.82) is 0 Å². The summed E-state index contributed by atoms with van der Waals surface area (Å²) in [4.78, 5) is 1.34. The van der Waals surface area contributed by atoms with Crippen LogP contribution in [0, 0.1) is 0 Å². The fourth-order valence-corrected chi connectivity index (χ4v) is 4.20.